The molecule has 0 spiro atoms. The zero-order chi connectivity index (χ0) is 9.64. The van der Waals surface area contributed by atoms with E-state index in [-0.39, 0.29) is 0 Å². The van der Waals surface area contributed by atoms with Gasteiger partial charge in [0.1, 0.15) is 0 Å². The first-order chi connectivity index (χ1) is 6.95. The third-order valence-corrected chi connectivity index (χ3v) is 2.89. The minimum atomic E-state index is 0.880. The Hall–Kier alpha value is -0.910. The highest BCUT2D eigenvalue weighted by atomic mass is 32.2. The summed E-state index contributed by atoms with van der Waals surface area (Å²) < 4.78 is 0. The Kier molecular flexibility index (Phi) is 3.50. The van der Waals surface area contributed by atoms with Gasteiger partial charge in [0.2, 0.25) is 0 Å². The smallest absolute Gasteiger partial charge is 0.191 e. The van der Waals surface area contributed by atoms with Crippen LogP contribution in [0.5, 0.6) is 0 Å². The van der Waals surface area contributed by atoms with Crippen LogP contribution in [0.3, 0.4) is 0 Å². The molecule has 0 unspecified atom stereocenters. The van der Waals surface area contributed by atoms with Gasteiger partial charge in [-0.05, 0) is 0 Å². The summed E-state index contributed by atoms with van der Waals surface area (Å²) >= 11 is 1.79. The summed E-state index contributed by atoms with van der Waals surface area (Å²) in [6, 6.07) is 0. The minimum absolute atomic E-state index is 0.880. The van der Waals surface area contributed by atoms with Gasteiger partial charge in [-0.1, -0.05) is 11.8 Å². The Balaban J connectivity index is 1.54. The molecule has 78 valence electrons. The molecule has 2 rings (SSSR count). The zero-order valence-corrected chi connectivity index (χ0v) is 8.86. The molecule has 0 saturated heterocycles. The molecule has 2 aliphatic rings. The molecule has 0 amide bonds. The quantitative estimate of drug-likeness (QED) is 0.539. The van der Waals surface area contributed by atoms with Crippen molar-refractivity contribution in [3.63, 3.8) is 0 Å². The summed E-state index contributed by atoms with van der Waals surface area (Å²) in [7, 11) is 0. The summed E-state index contributed by atoms with van der Waals surface area (Å²) in [4.78, 5) is 8.54. The second-order valence-corrected chi connectivity index (χ2v) is 4.13. The van der Waals surface area contributed by atoms with Crippen LogP contribution in [0.4, 0.5) is 0 Å². The fraction of sp³-hybridized carbons (Fsp3) is 0.750. The lowest BCUT2D eigenvalue weighted by atomic mass is 10.6. The van der Waals surface area contributed by atoms with Crippen LogP contribution in [0.15, 0.2) is 9.98 Å². The van der Waals surface area contributed by atoms with Crippen LogP contribution in [0.2, 0.25) is 0 Å². The predicted molar refractivity (Wildman–Crippen MR) is 61.1 cm³/mol. The Morgan fingerprint density at radius 1 is 1.21 bits per heavy atom. The van der Waals surface area contributed by atoms with Crippen molar-refractivity contribution in [2.24, 2.45) is 9.98 Å². The van der Waals surface area contributed by atoms with Gasteiger partial charge in [0.05, 0.1) is 13.1 Å². The van der Waals surface area contributed by atoms with Crippen molar-refractivity contribution in [1.82, 2.24) is 16.0 Å². The summed E-state index contributed by atoms with van der Waals surface area (Å²) in [5.41, 5.74) is 0. The lowest BCUT2D eigenvalue weighted by Crippen LogP contribution is -2.38. The number of hydrogen-bond acceptors (Lipinski definition) is 6. The molecule has 6 heteroatoms. The van der Waals surface area contributed by atoms with Crippen LogP contribution in [-0.2, 0) is 0 Å². The molecular formula is C8H15N5S. The number of guanidine groups is 1. The Morgan fingerprint density at radius 3 is 2.86 bits per heavy atom. The lowest BCUT2D eigenvalue weighted by Gasteiger charge is -2.07. The average molecular weight is 213 g/mol. The van der Waals surface area contributed by atoms with Crippen LogP contribution in [-0.4, -0.2) is 49.6 Å². The van der Waals surface area contributed by atoms with Crippen LogP contribution < -0.4 is 16.0 Å². The second-order valence-electron chi connectivity index (χ2n) is 3.05. The molecule has 3 N–H and O–H groups in total. The molecule has 2 heterocycles. The van der Waals surface area contributed by atoms with E-state index >= 15 is 0 Å². The summed E-state index contributed by atoms with van der Waals surface area (Å²) in [5.74, 6) is 2.04. The number of rotatable bonds is 3. The highest BCUT2D eigenvalue weighted by molar-refractivity contribution is 8.14. The van der Waals surface area contributed by atoms with Gasteiger partial charge in [-0.2, -0.15) is 0 Å². The van der Waals surface area contributed by atoms with Crippen molar-refractivity contribution in [3.05, 3.63) is 0 Å². The fourth-order valence-electron chi connectivity index (χ4n) is 1.31. The SMILES string of the molecule is C1CNC(NCCNC2=NCCS2)=N1. The minimum Gasteiger partial charge on any atom is -0.363 e. The van der Waals surface area contributed by atoms with Crippen molar-refractivity contribution in [2.45, 2.75) is 0 Å². The first kappa shape index (κ1) is 9.64. The van der Waals surface area contributed by atoms with E-state index < -0.39 is 0 Å². The number of nitrogens with one attached hydrogen (secondary N) is 3. The normalized spacial score (nSPS) is 20.0. The molecule has 14 heavy (non-hydrogen) atoms. The molecule has 5 nitrogen and oxygen atoms in total. The van der Waals surface area contributed by atoms with Crippen molar-refractivity contribution >= 4 is 22.9 Å². The monoisotopic (exact) mass is 213 g/mol. The summed E-state index contributed by atoms with van der Waals surface area (Å²) in [5, 5.41) is 10.7. The summed E-state index contributed by atoms with van der Waals surface area (Å²) in [6.45, 7) is 4.57. The molecular weight excluding hydrogens is 198 g/mol. The molecule has 0 atom stereocenters. The number of amidine groups is 1. The van der Waals surface area contributed by atoms with E-state index in [1.54, 1.807) is 11.8 Å². The van der Waals surface area contributed by atoms with Gasteiger partial charge >= 0.3 is 0 Å². The van der Waals surface area contributed by atoms with E-state index in [2.05, 4.69) is 25.9 Å². The molecule has 0 radical (unpaired) electrons. The third kappa shape index (κ3) is 2.80. The van der Waals surface area contributed by atoms with E-state index in [0.717, 1.165) is 49.6 Å². The standard InChI is InChI=1S/C8H15N5S/c1-2-10-7(9-1)11-3-4-12-8-13-5-6-14-8/h1-6H2,(H,12,13)(H2,9,10,11). The number of nitrogens with zero attached hydrogens (tertiary/aromatic N) is 2. The van der Waals surface area contributed by atoms with E-state index in [0.29, 0.717) is 0 Å². The van der Waals surface area contributed by atoms with Gasteiger partial charge in [0.25, 0.3) is 0 Å². The van der Waals surface area contributed by atoms with Crippen LogP contribution >= 0.6 is 11.8 Å². The molecule has 0 aromatic carbocycles. The van der Waals surface area contributed by atoms with E-state index in [1.165, 1.54) is 0 Å². The molecule has 0 saturated carbocycles. The highest BCUT2D eigenvalue weighted by Gasteiger charge is 2.06. The molecule has 2 aliphatic heterocycles. The highest BCUT2D eigenvalue weighted by Crippen LogP contribution is 2.07. The number of aliphatic imine (C=N–C) groups is 2. The van der Waals surface area contributed by atoms with Crippen LogP contribution in [0.25, 0.3) is 0 Å². The van der Waals surface area contributed by atoms with E-state index in [4.69, 9.17) is 0 Å². The largest absolute Gasteiger partial charge is 0.363 e. The predicted octanol–water partition coefficient (Wildman–Crippen LogP) is -0.772. The van der Waals surface area contributed by atoms with Crippen molar-refractivity contribution in [1.29, 1.82) is 0 Å². The number of hydrogen-bond donors (Lipinski definition) is 3. The van der Waals surface area contributed by atoms with Gasteiger partial charge < -0.3 is 16.0 Å². The second kappa shape index (κ2) is 5.09. The fourth-order valence-corrected chi connectivity index (χ4v) is 2.07. The van der Waals surface area contributed by atoms with Gasteiger partial charge in [-0.25, -0.2) is 0 Å². The summed E-state index contributed by atoms with van der Waals surface area (Å²) in [6.07, 6.45) is 0. The molecule has 0 aliphatic carbocycles. The van der Waals surface area contributed by atoms with Gasteiger partial charge in [-0.3, -0.25) is 9.98 Å². The van der Waals surface area contributed by atoms with Gasteiger partial charge in [0.15, 0.2) is 11.1 Å². The van der Waals surface area contributed by atoms with Crippen molar-refractivity contribution in [2.75, 3.05) is 38.5 Å². The molecule has 0 fully saturated rings. The maximum atomic E-state index is 4.30. The van der Waals surface area contributed by atoms with Crippen LogP contribution in [0, 0.1) is 0 Å². The topological polar surface area (TPSA) is 60.8 Å². The zero-order valence-electron chi connectivity index (χ0n) is 8.05. The molecule has 0 aromatic heterocycles. The third-order valence-electron chi connectivity index (χ3n) is 1.95. The Morgan fingerprint density at radius 2 is 2.14 bits per heavy atom. The van der Waals surface area contributed by atoms with Gasteiger partial charge in [0, 0.05) is 25.4 Å². The lowest BCUT2D eigenvalue weighted by molar-refractivity contribution is 0.799. The first-order valence-corrected chi connectivity index (χ1v) is 5.87. The Labute approximate surface area is 87.8 Å². The van der Waals surface area contributed by atoms with Crippen molar-refractivity contribution in [3.8, 4) is 0 Å². The first-order valence-electron chi connectivity index (χ1n) is 4.88. The van der Waals surface area contributed by atoms with Crippen LogP contribution in [0.1, 0.15) is 0 Å². The van der Waals surface area contributed by atoms with E-state index in [9.17, 15) is 0 Å². The van der Waals surface area contributed by atoms with Gasteiger partial charge in [-0.15, -0.1) is 0 Å². The molecule has 0 bridgehead atoms. The maximum Gasteiger partial charge on any atom is 0.191 e. The van der Waals surface area contributed by atoms with E-state index in [1.807, 2.05) is 0 Å². The average Bonchev–Trinajstić information content (AvgIpc) is 2.86. The van der Waals surface area contributed by atoms with Crippen molar-refractivity contribution < 1.29 is 0 Å². The maximum absolute atomic E-state index is 4.30. The number of thioether (sulfide) groups is 1. The molecule has 0 aromatic rings. The Bertz CT molecular complexity index is 224.